The van der Waals surface area contributed by atoms with E-state index >= 15 is 0 Å². The van der Waals surface area contributed by atoms with E-state index in [0.717, 1.165) is 66.4 Å². The first kappa shape index (κ1) is 24.5. The molecule has 30 heavy (non-hydrogen) atoms. The summed E-state index contributed by atoms with van der Waals surface area (Å²) < 4.78 is 10.7. The van der Waals surface area contributed by atoms with E-state index in [1.807, 2.05) is 18.2 Å². The lowest BCUT2D eigenvalue weighted by Gasteiger charge is -2.13. The van der Waals surface area contributed by atoms with Crippen molar-refractivity contribution >= 4 is 46.4 Å². The van der Waals surface area contributed by atoms with Crippen molar-refractivity contribution in [2.45, 2.75) is 32.7 Å². The minimum atomic E-state index is 0. The minimum Gasteiger partial charge on any atom is -0.497 e. The van der Waals surface area contributed by atoms with Crippen LogP contribution in [0.2, 0.25) is 0 Å². The number of halogens is 1. The summed E-state index contributed by atoms with van der Waals surface area (Å²) in [7, 11) is 3.31. The van der Waals surface area contributed by atoms with Crippen molar-refractivity contribution in [1.82, 2.24) is 15.6 Å². The molecule has 2 heterocycles. The van der Waals surface area contributed by atoms with E-state index in [-0.39, 0.29) is 24.0 Å². The molecule has 3 rings (SSSR count). The Labute approximate surface area is 200 Å². The van der Waals surface area contributed by atoms with Crippen LogP contribution in [0.25, 0.3) is 0 Å². The van der Waals surface area contributed by atoms with Gasteiger partial charge >= 0.3 is 0 Å². The van der Waals surface area contributed by atoms with Crippen LogP contribution >= 0.6 is 35.3 Å². The summed E-state index contributed by atoms with van der Waals surface area (Å²) in [5.41, 5.74) is 2.15. The molecule has 1 aromatic heterocycles. The van der Waals surface area contributed by atoms with Gasteiger partial charge in [0.15, 0.2) is 11.1 Å². The average molecular weight is 545 g/mol. The fraction of sp³-hybridized carbons (Fsp3) is 0.524. The topological polar surface area (TPSA) is 71.0 Å². The van der Waals surface area contributed by atoms with E-state index in [4.69, 9.17) is 19.5 Å². The van der Waals surface area contributed by atoms with Gasteiger partial charge < -0.3 is 25.0 Å². The summed E-state index contributed by atoms with van der Waals surface area (Å²) in [5, 5.41) is 10.0. The minimum absolute atomic E-state index is 0. The Bertz CT molecular complexity index is 808. The van der Waals surface area contributed by atoms with Crippen LogP contribution < -0.4 is 25.0 Å². The lowest BCUT2D eigenvalue weighted by atomic mass is 10.2. The van der Waals surface area contributed by atoms with Gasteiger partial charge in [0.1, 0.15) is 11.5 Å². The summed E-state index contributed by atoms with van der Waals surface area (Å²) in [5.74, 6) is 2.34. The second-order valence-electron chi connectivity index (χ2n) is 6.87. The number of rotatable bonds is 9. The van der Waals surface area contributed by atoms with Crippen molar-refractivity contribution in [3.8, 4) is 11.5 Å². The molecule has 0 amide bonds. The predicted molar refractivity (Wildman–Crippen MR) is 135 cm³/mol. The summed E-state index contributed by atoms with van der Waals surface area (Å²) in [6.45, 7) is 6.46. The number of nitrogens with one attached hydrogen (secondary N) is 2. The zero-order valence-corrected chi connectivity index (χ0v) is 21.1. The van der Waals surface area contributed by atoms with Crippen molar-refractivity contribution in [3.63, 3.8) is 0 Å². The number of hydrogen-bond acceptors (Lipinski definition) is 6. The first-order valence-corrected chi connectivity index (χ1v) is 11.0. The maximum Gasteiger partial charge on any atom is 0.191 e. The zero-order chi connectivity index (χ0) is 20.5. The highest BCUT2D eigenvalue weighted by Gasteiger charge is 2.15. The molecule has 0 atom stereocenters. The van der Waals surface area contributed by atoms with Crippen LogP contribution in [0.15, 0.2) is 28.6 Å². The molecular formula is C21H32IN5O2S. The van der Waals surface area contributed by atoms with Gasteiger partial charge in [-0.15, -0.1) is 35.3 Å². The number of guanidine groups is 1. The van der Waals surface area contributed by atoms with Crippen molar-refractivity contribution in [3.05, 3.63) is 34.8 Å². The Hall–Kier alpha value is -1.75. The van der Waals surface area contributed by atoms with Gasteiger partial charge in [-0.2, -0.15) is 0 Å². The third-order valence-electron chi connectivity index (χ3n) is 4.84. The van der Waals surface area contributed by atoms with Gasteiger partial charge in [0.2, 0.25) is 0 Å². The van der Waals surface area contributed by atoms with Crippen LogP contribution in [-0.2, 0) is 13.0 Å². The molecule has 166 valence electrons. The Balaban J connectivity index is 0.00000320. The normalized spacial score (nSPS) is 13.7. The van der Waals surface area contributed by atoms with Gasteiger partial charge in [-0.05, 0) is 31.9 Å². The fourth-order valence-electron chi connectivity index (χ4n) is 3.26. The molecule has 1 fully saturated rings. The highest BCUT2D eigenvalue weighted by atomic mass is 127. The Morgan fingerprint density at radius 1 is 1.20 bits per heavy atom. The highest BCUT2D eigenvalue weighted by Crippen LogP contribution is 2.25. The predicted octanol–water partition coefficient (Wildman–Crippen LogP) is 3.68. The number of aliphatic imine (C=N–C) groups is 1. The number of benzene rings is 1. The third-order valence-corrected chi connectivity index (χ3v) is 5.79. The number of anilines is 1. The maximum absolute atomic E-state index is 5.46. The summed E-state index contributed by atoms with van der Waals surface area (Å²) >= 11 is 1.75. The molecule has 0 unspecified atom stereocenters. The molecule has 1 aliphatic rings. The van der Waals surface area contributed by atoms with E-state index in [2.05, 4.69) is 27.8 Å². The molecule has 7 nitrogen and oxygen atoms in total. The molecule has 2 N–H and O–H groups in total. The first-order valence-electron chi connectivity index (χ1n) is 10.2. The SMILES string of the molecule is CCNC(=NCc1ccc(OC)cc1OC)NCCc1csc(N2CCCC2)n1.I. The lowest BCUT2D eigenvalue weighted by molar-refractivity contribution is 0.391. The van der Waals surface area contributed by atoms with Crippen molar-refractivity contribution < 1.29 is 9.47 Å². The van der Waals surface area contributed by atoms with Gasteiger partial charge in [0.05, 0.1) is 26.5 Å². The van der Waals surface area contributed by atoms with Crippen LogP contribution in [0.4, 0.5) is 5.13 Å². The lowest BCUT2D eigenvalue weighted by Crippen LogP contribution is -2.38. The van der Waals surface area contributed by atoms with Crippen LogP contribution in [0.3, 0.4) is 0 Å². The van der Waals surface area contributed by atoms with Gasteiger partial charge in [0, 0.05) is 49.6 Å². The molecule has 9 heteroatoms. The third kappa shape index (κ3) is 6.90. The monoisotopic (exact) mass is 545 g/mol. The summed E-state index contributed by atoms with van der Waals surface area (Å²) in [6.07, 6.45) is 3.43. The van der Waals surface area contributed by atoms with Crippen molar-refractivity contribution in [2.75, 3.05) is 45.3 Å². The molecule has 0 saturated carbocycles. The number of hydrogen-bond donors (Lipinski definition) is 2. The van der Waals surface area contributed by atoms with E-state index in [1.54, 1.807) is 25.6 Å². The van der Waals surface area contributed by atoms with Gasteiger partial charge in [-0.1, -0.05) is 0 Å². The molecule has 0 spiro atoms. The van der Waals surface area contributed by atoms with Gasteiger partial charge in [0.25, 0.3) is 0 Å². The van der Waals surface area contributed by atoms with E-state index in [0.29, 0.717) is 6.54 Å². The second kappa shape index (κ2) is 12.8. The molecule has 0 aliphatic carbocycles. The second-order valence-corrected chi connectivity index (χ2v) is 7.70. The van der Waals surface area contributed by atoms with Gasteiger partial charge in [-0.25, -0.2) is 9.98 Å². The number of methoxy groups -OCH3 is 2. The standard InChI is InChI=1S/C21H31N5O2S.HI/c1-4-22-20(24-14-16-7-8-18(27-2)13-19(16)28-3)23-10-9-17-15-29-21(25-17)26-11-5-6-12-26;/h7-8,13,15H,4-6,9-12,14H2,1-3H3,(H2,22,23,24);1H. The largest absolute Gasteiger partial charge is 0.497 e. The Kier molecular flexibility index (Phi) is 10.5. The number of ether oxygens (including phenoxy) is 2. The van der Waals surface area contributed by atoms with E-state index in [1.165, 1.54) is 12.8 Å². The van der Waals surface area contributed by atoms with Crippen molar-refractivity contribution in [1.29, 1.82) is 0 Å². The quantitative estimate of drug-likeness (QED) is 0.285. The van der Waals surface area contributed by atoms with Crippen LogP contribution in [0, 0.1) is 0 Å². The number of nitrogens with zero attached hydrogens (tertiary/aromatic N) is 3. The maximum atomic E-state index is 5.46. The molecule has 1 saturated heterocycles. The summed E-state index contributed by atoms with van der Waals surface area (Å²) in [6, 6.07) is 5.79. The smallest absolute Gasteiger partial charge is 0.191 e. The molecule has 2 aromatic rings. The van der Waals surface area contributed by atoms with Crippen molar-refractivity contribution in [2.24, 2.45) is 4.99 Å². The van der Waals surface area contributed by atoms with Crippen LogP contribution in [-0.4, -0.2) is 51.3 Å². The van der Waals surface area contributed by atoms with E-state index < -0.39 is 0 Å². The fourth-order valence-corrected chi connectivity index (χ4v) is 4.18. The average Bonchev–Trinajstić information content (AvgIpc) is 3.43. The van der Waals surface area contributed by atoms with Crippen LogP contribution in [0.1, 0.15) is 31.0 Å². The van der Waals surface area contributed by atoms with Crippen LogP contribution in [0.5, 0.6) is 11.5 Å². The molecule has 0 bridgehead atoms. The van der Waals surface area contributed by atoms with Gasteiger partial charge in [-0.3, -0.25) is 0 Å². The first-order chi connectivity index (χ1) is 14.2. The van der Waals surface area contributed by atoms with E-state index in [9.17, 15) is 0 Å². The molecule has 0 radical (unpaired) electrons. The zero-order valence-electron chi connectivity index (χ0n) is 17.9. The number of thiazole rings is 1. The molecular weight excluding hydrogens is 513 g/mol. The molecule has 1 aromatic carbocycles. The summed E-state index contributed by atoms with van der Waals surface area (Å²) in [4.78, 5) is 11.9. The Morgan fingerprint density at radius 3 is 2.70 bits per heavy atom. The number of aromatic nitrogens is 1. The molecule has 1 aliphatic heterocycles. The Morgan fingerprint density at radius 2 is 2.00 bits per heavy atom. The highest BCUT2D eigenvalue weighted by molar-refractivity contribution is 14.0.